The smallest absolute Gasteiger partial charge is 0.349 e. The lowest BCUT2D eigenvalue weighted by Gasteiger charge is -2.19. The molecule has 0 heterocycles. The van der Waals surface area contributed by atoms with Crippen LogP contribution in [0.2, 0.25) is 0 Å². The number of hydrogen-bond donors (Lipinski definition) is 0. The third-order valence-corrected chi connectivity index (χ3v) is 3.36. The number of carbonyl (C=O) groups excluding carboxylic acids is 1. The molecule has 2 aromatic rings. The van der Waals surface area contributed by atoms with Crippen molar-refractivity contribution >= 4 is 11.7 Å². The van der Waals surface area contributed by atoms with Crippen LogP contribution in [0, 0.1) is 10.1 Å². The zero-order valence-electron chi connectivity index (χ0n) is 13.8. The molecule has 0 atom stereocenters. The number of nitrogens with zero attached hydrogens (tertiary/aromatic N) is 1. The average Bonchev–Trinajstić information content (AvgIpc) is 2.53. The monoisotopic (exact) mass is 329 g/mol. The summed E-state index contributed by atoms with van der Waals surface area (Å²) in [5.74, 6) is 0.227. The number of rotatable bonds is 5. The van der Waals surface area contributed by atoms with Crippen LogP contribution in [0.4, 0.5) is 5.69 Å². The van der Waals surface area contributed by atoms with Crippen LogP contribution in [0.1, 0.15) is 26.3 Å². The summed E-state index contributed by atoms with van der Waals surface area (Å²) in [5, 5.41) is 10.6. The van der Waals surface area contributed by atoms with Gasteiger partial charge in [0.1, 0.15) is 11.5 Å². The van der Waals surface area contributed by atoms with Crippen molar-refractivity contribution in [2.75, 3.05) is 6.61 Å². The van der Waals surface area contributed by atoms with Crippen molar-refractivity contribution in [1.29, 1.82) is 0 Å². The summed E-state index contributed by atoms with van der Waals surface area (Å²) >= 11 is 0. The molecule has 0 saturated carbocycles. The van der Waals surface area contributed by atoms with Gasteiger partial charge in [0.05, 0.1) is 4.92 Å². The van der Waals surface area contributed by atoms with E-state index in [0.717, 1.165) is 0 Å². The van der Waals surface area contributed by atoms with Gasteiger partial charge in [-0.15, -0.1) is 0 Å². The second kappa shape index (κ2) is 7.12. The number of hydrogen-bond acceptors (Lipinski definition) is 5. The second-order valence-electron chi connectivity index (χ2n) is 6.29. The van der Waals surface area contributed by atoms with E-state index in [2.05, 4.69) is 20.8 Å². The van der Waals surface area contributed by atoms with Gasteiger partial charge in [0.2, 0.25) is 0 Å². The van der Waals surface area contributed by atoms with E-state index in [1.807, 2.05) is 12.1 Å². The molecule has 0 aliphatic heterocycles. The van der Waals surface area contributed by atoms with E-state index in [9.17, 15) is 14.9 Å². The molecule has 0 fully saturated rings. The highest BCUT2D eigenvalue weighted by atomic mass is 16.6. The Morgan fingerprint density at radius 3 is 2.04 bits per heavy atom. The summed E-state index contributed by atoms with van der Waals surface area (Å²) in [4.78, 5) is 21.8. The quantitative estimate of drug-likeness (QED) is 0.360. The molecular weight excluding hydrogens is 310 g/mol. The van der Waals surface area contributed by atoms with Gasteiger partial charge < -0.3 is 9.47 Å². The van der Waals surface area contributed by atoms with E-state index in [1.54, 1.807) is 12.1 Å². The van der Waals surface area contributed by atoms with Crippen molar-refractivity contribution in [3.63, 3.8) is 0 Å². The second-order valence-corrected chi connectivity index (χ2v) is 6.29. The SMILES string of the molecule is CC(C)(C)c1ccc(OCC(=O)Oc2ccc([N+](=O)[O-])cc2)cc1. The Morgan fingerprint density at radius 1 is 1.00 bits per heavy atom. The molecule has 2 rings (SSSR count). The van der Waals surface area contributed by atoms with Gasteiger partial charge in [0.15, 0.2) is 6.61 Å². The first kappa shape index (κ1) is 17.5. The number of ether oxygens (including phenoxy) is 2. The van der Waals surface area contributed by atoms with Crippen LogP contribution in [0.5, 0.6) is 11.5 Å². The Balaban J connectivity index is 1.87. The van der Waals surface area contributed by atoms with Crippen molar-refractivity contribution in [3.8, 4) is 11.5 Å². The molecule has 0 bridgehead atoms. The zero-order chi connectivity index (χ0) is 17.7. The first-order valence-electron chi connectivity index (χ1n) is 7.44. The number of carbonyl (C=O) groups is 1. The molecule has 0 aliphatic carbocycles. The number of non-ortho nitro benzene ring substituents is 1. The lowest BCUT2D eigenvalue weighted by atomic mass is 9.87. The zero-order valence-corrected chi connectivity index (χ0v) is 13.8. The molecule has 0 spiro atoms. The van der Waals surface area contributed by atoms with E-state index in [-0.39, 0.29) is 23.5 Å². The standard InChI is InChI=1S/C18H19NO5/c1-18(2,3)13-4-8-15(9-5-13)23-12-17(20)24-16-10-6-14(7-11-16)19(21)22/h4-11H,12H2,1-3H3. The largest absolute Gasteiger partial charge is 0.482 e. The van der Waals surface area contributed by atoms with Gasteiger partial charge in [0.25, 0.3) is 5.69 Å². The highest BCUT2D eigenvalue weighted by Gasteiger charge is 2.13. The van der Waals surface area contributed by atoms with Crippen molar-refractivity contribution in [2.45, 2.75) is 26.2 Å². The lowest BCUT2D eigenvalue weighted by molar-refractivity contribution is -0.384. The maximum atomic E-state index is 11.7. The van der Waals surface area contributed by atoms with Crippen molar-refractivity contribution < 1.29 is 19.2 Å². The van der Waals surface area contributed by atoms with Crippen molar-refractivity contribution in [2.24, 2.45) is 0 Å². The fraction of sp³-hybridized carbons (Fsp3) is 0.278. The minimum atomic E-state index is -0.580. The fourth-order valence-corrected chi connectivity index (χ4v) is 1.99. The molecule has 0 saturated heterocycles. The Labute approximate surface area is 140 Å². The first-order chi connectivity index (χ1) is 11.3. The van der Waals surface area contributed by atoms with Crippen LogP contribution >= 0.6 is 0 Å². The molecule has 0 aromatic heterocycles. The Bertz CT molecular complexity index is 715. The highest BCUT2D eigenvalue weighted by molar-refractivity contribution is 5.74. The van der Waals surface area contributed by atoms with E-state index in [0.29, 0.717) is 5.75 Å². The Hall–Kier alpha value is -2.89. The van der Waals surface area contributed by atoms with Crippen molar-refractivity contribution in [1.82, 2.24) is 0 Å². The van der Waals surface area contributed by atoms with Crippen LogP contribution in [0.15, 0.2) is 48.5 Å². The fourth-order valence-electron chi connectivity index (χ4n) is 1.99. The summed E-state index contributed by atoms with van der Waals surface area (Å²) in [6, 6.07) is 12.8. The molecule has 6 nitrogen and oxygen atoms in total. The van der Waals surface area contributed by atoms with E-state index >= 15 is 0 Å². The van der Waals surface area contributed by atoms with Crippen LogP contribution in [0.25, 0.3) is 0 Å². The Kier molecular flexibility index (Phi) is 5.18. The molecule has 2 aromatic carbocycles. The number of nitro groups is 1. The van der Waals surface area contributed by atoms with E-state index in [1.165, 1.54) is 29.8 Å². The number of benzene rings is 2. The van der Waals surface area contributed by atoms with Crippen LogP contribution in [-0.2, 0) is 10.2 Å². The van der Waals surface area contributed by atoms with Crippen LogP contribution in [-0.4, -0.2) is 17.5 Å². The highest BCUT2D eigenvalue weighted by Crippen LogP contribution is 2.24. The van der Waals surface area contributed by atoms with E-state index < -0.39 is 10.9 Å². The van der Waals surface area contributed by atoms with Gasteiger partial charge >= 0.3 is 5.97 Å². The van der Waals surface area contributed by atoms with Gasteiger partial charge in [-0.1, -0.05) is 32.9 Å². The maximum absolute atomic E-state index is 11.7. The Morgan fingerprint density at radius 2 is 1.54 bits per heavy atom. The number of nitro benzene ring substituents is 1. The summed E-state index contributed by atoms with van der Waals surface area (Å²) in [6.45, 7) is 6.10. The topological polar surface area (TPSA) is 78.7 Å². The molecule has 126 valence electrons. The summed E-state index contributed by atoms with van der Waals surface area (Å²) in [7, 11) is 0. The summed E-state index contributed by atoms with van der Waals surface area (Å²) < 4.78 is 10.4. The molecule has 6 heteroatoms. The predicted octanol–water partition coefficient (Wildman–Crippen LogP) is 3.88. The predicted molar refractivity (Wildman–Crippen MR) is 89.4 cm³/mol. The van der Waals surface area contributed by atoms with Gasteiger partial charge in [-0.25, -0.2) is 4.79 Å². The third kappa shape index (κ3) is 4.81. The molecule has 24 heavy (non-hydrogen) atoms. The first-order valence-corrected chi connectivity index (χ1v) is 7.44. The van der Waals surface area contributed by atoms with Crippen LogP contribution in [0.3, 0.4) is 0 Å². The molecule has 0 N–H and O–H groups in total. The molecule has 0 aliphatic rings. The van der Waals surface area contributed by atoms with Gasteiger partial charge in [-0.05, 0) is 35.2 Å². The maximum Gasteiger partial charge on any atom is 0.349 e. The molecule has 0 amide bonds. The molecular formula is C18H19NO5. The minimum absolute atomic E-state index is 0.0490. The van der Waals surface area contributed by atoms with Crippen molar-refractivity contribution in [3.05, 3.63) is 64.2 Å². The minimum Gasteiger partial charge on any atom is -0.482 e. The van der Waals surface area contributed by atoms with Gasteiger partial charge in [-0.2, -0.15) is 0 Å². The normalized spacial score (nSPS) is 11.0. The molecule has 0 radical (unpaired) electrons. The van der Waals surface area contributed by atoms with Gasteiger partial charge in [0, 0.05) is 12.1 Å². The third-order valence-electron chi connectivity index (χ3n) is 3.36. The lowest BCUT2D eigenvalue weighted by Crippen LogP contribution is -2.17. The van der Waals surface area contributed by atoms with E-state index in [4.69, 9.17) is 9.47 Å². The average molecular weight is 329 g/mol. The van der Waals surface area contributed by atoms with Crippen LogP contribution < -0.4 is 9.47 Å². The number of esters is 1. The van der Waals surface area contributed by atoms with Gasteiger partial charge in [-0.3, -0.25) is 10.1 Å². The summed E-state index contributed by atoms with van der Waals surface area (Å²) in [6.07, 6.45) is 0. The molecule has 0 unspecified atom stereocenters. The summed E-state index contributed by atoms with van der Waals surface area (Å²) in [5.41, 5.74) is 1.15.